The van der Waals surface area contributed by atoms with Crippen LogP contribution in [0, 0.1) is 0 Å². The second-order valence-corrected chi connectivity index (χ2v) is 2.75. The van der Waals surface area contributed by atoms with Gasteiger partial charge in [0.1, 0.15) is 0 Å². The van der Waals surface area contributed by atoms with Crippen LogP contribution in [0.5, 0.6) is 0 Å². The van der Waals surface area contributed by atoms with Crippen molar-refractivity contribution in [3.05, 3.63) is 35.4 Å². The van der Waals surface area contributed by atoms with Gasteiger partial charge in [0.05, 0.1) is 0 Å². The molecule has 0 heterocycles. The molecule has 0 atom stereocenters. The summed E-state index contributed by atoms with van der Waals surface area (Å²) in [5, 5.41) is 0. The highest BCUT2D eigenvalue weighted by Gasteiger charge is 2.06. The van der Waals surface area contributed by atoms with E-state index in [2.05, 4.69) is 10.9 Å². The van der Waals surface area contributed by atoms with Gasteiger partial charge >= 0.3 is 0 Å². The number of hydrazine groups is 2. The maximum atomic E-state index is 11.3. The Morgan fingerprint density at radius 2 is 1.53 bits per heavy atom. The third-order valence-electron chi connectivity index (χ3n) is 1.78. The number of nitrogens with two attached hydrogens (primary N) is 1. The predicted molar refractivity (Wildman–Crippen MR) is 54.6 cm³/mol. The number of carbonyl (C=O) groups excluding carboxylic acids is 2. The van der Waals surface area contributed by atoms with Crippen molar-refractivity contribution in [2.24, 2.45) is 5.84 Å². The van der Waals surface area contributed by atoms with Gasteiger partial charge in [-0.25, -0.2) is 11.3 Å². The van der Waals surface area contributed by atoms with Crippen LogP contribution in [0.4, 0.5) is 0 Å². The van der Waals surface area contributed by atoms with Crippen molar-refractivity contribution in [2.75, 3.05) is 7.05 Å². The van der Waals surface area contributed by atoms with E-state index in [1.807, 2.05) is 5.43 Å². The minimum absolute atomic E-state index is 0.266. The van der Waals surface area contributed by atoms with E-state index in [0.29, 0.717) is 11.1 Å². The van der Waals surface area contributed by atoms with E-state index in [9.17, 15) is 9.59 Å². The topological polar surface area (TPSA) is 96.2 Å². The second kappa shape index (κ2) is 5.08. The Bertz CT molecular complexity index is 361. The lowest BCUT2D eigenvalue weighted by Crippen LogP contribution is -2.34. The molecule has 0 aliphatic carbocycles. The van der Waals surface area contributed by atoms with E-state index in [4.69, 9.17) is 5.84 Å². The van der Waals surface area contributed by atoms with Crippen LogP contribution in [0.1, 0.15) is 20.7 Å². The molecule has 80 valence electrons. The zero-order valence-electron chi connectivity index (χ0n) is 8.20. The summed E-state index contributed by atoms with van der Waals surface area (Å²) in [5.74, 6) is 4.30. The molecule has 0 aromatic heterocycles. The Labute approximate surface area is 86.8 Å². The molecule has 0 fully saturated rings. The molecule has 15 heavy (non-hydrogen) atoms. The largest absolute Gasteiger partial charge is 0.290 e. The molecule has 1 aromatic rings. The number of hydrogen-bond acceptors (Lipinski definition) is 4. The monoisotopic (exact) mass is 208 g/mol. The minimum atomic E-state index is -0.393. The SMILES string of the molecule is CNNC(=O)c1ccc(C(=O)NN)cc1. The highest BCUT2D eigenvalue weighted by Crippen LogP contribution is 2.03. The van der Waals surface area contributed by atoms with Gasteiger partial charge in [-0.1, -0.05) is 0 Å². The number of benzene rings is 1. The number of carbonyl (C=O) groups is 2. The number of rotatable bonds is 3. The summed E-state index contributed by atoms with van der Waals surface area (Å²) in [7, 11) is 1.59. The van der Waals surface area contributed by atoms with Gasteiger partial charge in [0, 0.05) is 18.2 Å². The molecule has 0 saturated heterocycles. The molecule has 6 nitrogen and oxygen atoms in total. The van der Waals surface area contributed by atoms with Gasteiger partial charge in [-0.15, -0.1) is 0 Å². The maximum absolute atomic E-state index is 11.3. The van der Waals surface area contributed by atoms with Gasteiger partial charge in [0.25, 0.3) is 11.8 Å². The Balaban J connectivity index is 2.80. The fraction of sp³-hybridized carbons (Fsp3) is 0.111. The van der Waals surface area contributed by atoms with Crippen molar-refractivity contribution in [3.63, 3.8) is 0 Å². The Morgan fingerprint density at radius 1 is 1.07 bits per heavy atom. The van der Waals surface area contributed by atoms with Crippen molar-refractivity contribution < 1.29 is 9.59 Å². The summed E-state index contributed by atoms with van der Waals surface area (Å²) in [5.41, 5.74) is 7.79. The highest BCUT2D eigenvalue weighted by atomic mass is 16.2. The van der Waals surface area contributed by atoms with E-state index in [-0.39, 0.29) is 5.91 Å². The molecule has 0 bridgehead atoms. The highest BCUT2D eigenvalue weighted by molar-refractivity contribution is 5.97. The maximum Gasteiger partial charge on any atom is 0.265 e. The standard InChI is InChI=1S/C9H12N4O2/c1-11-13-9(15)7-4-2-6(3-5-7)8(14)12-10/h2-5,11H,10H2,1H3,(H,12,14)(H,13,15). The number of nitrogens with one attached hydrogen (secondary N) is 3. The predicted octanol–water partition coefficient (Wildman–Crippen LogP) is -0.846. The summed E-state index contributed by atoms with van der Waals surface area (Å²) in [6, 6.07) is 6.12. The average Bonchev–Trinajstić information content (AvgIpc) is 2.28. The molecule has 5 N–H and O–H groups in total. The second-order valence-electron chi connectivity index (χ2n) is 2.75. The van der Waals surface area contributed by atoms with E-state index in [1.54, 1.807) is 7.05 Å². The molecule has 0 aliphatic rings. The van der Waals surface area contributed by atoms with Gasteiger partial charge < -0.3 is 0 Å². The van der Waals surface area contributed by atoms with Crippen LogP contribution in [0.2, 0.25) is 0 Å². The summed E-state index contributed by atoms with van der Waals surface area (Å²) in [6.07, 6.45) is 0. The summed E-state index contributed by atoms with van der Waals surface area (Å²) in [4.78, 5) is 22.4. The van der Waals surface area contributed by atoms with Gasteiger partial charge in [-0.3, -0.25) is 20.4 Å². The van der Waals surface area contributed by atoms with Crippen molar-refractivity contribution in [2.45, 2.75) is 0 Å². The van der Waals surface area contributed by atoms with Crippen LogP contribution in [-0.2, 0) is 0 Å². The van der Waals surface area contributed by atoms with Gasteiger partial charge in [0.15, 0.2) is 0 Å². The van der Waals surface area contributed by atoms with Crippen LogP contribution in [-0.4, -0.2) is 18.9 Å². The van der Waals surface area contributed by atoms with Crippen LogP contribution >= 0.6 is 0 Å². The number of amides is 2. The summed E-state index contributed by atoms with van der Waals surface area (Å²) < 4.78 is 0. The van der Waals surface area contributed by atoms with Crippen LogP contribution in [0.15, 0.2) is 24.3 Å². The van der Waals surface area contributed by atoms with E-state index < -0.39 is 5.91 Å². The molecular formula is C9H12N4O2. The molecule has 0 spiro atoms. The van der Waals surface area contributed by atoms with Crippen molar-refractivity contribution >= 4 is 11.8 Å². The minimum Gasteiger partial charge on any atom is -0.290 e. The Kier molecular flexibility index (Phi) is 3.78. The normalized spacial score (nSPS) is 9.47. The quantitative estimate of drug-likeness (QED) is 0.296. The summed E-state index contributed by atoms with van der Waals surface area (Å²) >= 11 is 0. The zero-order chi connectivity index (χ0) is 11.3. The van der Waals surface area contributed by atoms with E-state index in [1.165, 1.54) is 24.3 Å². The first-order valence-corrected chi connectivity index (χ1v) is 4.27. The Hall–Kier alpha value is -1.92. The smallest absolute Gasteiger partial charge is 0.265 e. The average molecular weight is 208 g/mol. The van der Waals surface area contributed by atoms with Crippen molar-refractivity contribution in [1.82, 2.24) is 16.3 Å². The molecular weight excluding hydrogens is 196 g/mol. The van der Waals surface area contributed by atoms with Crippen molar-refractivity contribution in [1.29, 1.82) is 0 Å². The molecule has 0 unspecified atom stereocenters. The molecule has 1 rings (SSSR count). The lowest BCUT2D eigenvalue weighted by atomic mass is 10.1. The molecule has 0 radical (unpaired) electrons. The first-order chi connectivity index (χ1) is 7.19. The first-order valence-electron chi connectivity index (χ1n) is 4.27. The third-order valence-corrected chi connectivity index (χ3v) is 1.78. The lowest BCUT2D eigenvalue weighted by Gasteiger charge is -2.03. The van der Waals surface area contributed by atoms with E-state index >= 15 is 0 Å². The lowest BCUT2D eigenvalue weighted by molar-refractivity contribution is 0.0931. The summed E-state index contributed by atoms with van der Waals surface area (Å²) in [6.45, 7) is 0. The van der Waals surface area contributed by atoms with Gasteiger partial charge in [-0.05, 0) is 24.3 Å². The first kappa shape index (κ1) is 11.2. The Morgan fingerprint density at radius 3 is 1.93 bits per heavy atom. The molecule has 6 heteroatoms. The molecule has 0 saturated carbocycles. The third kappa shape index (κ3) is 2.76. The fourth-order valence-corrected chi connectivity index (χ4v) is 1.04. The molecule has 1 aromatic carbocycles. The van der Waals surface area contributed by atoms with Gasteiger partial charge in [-0.2, -0.15) is 0 Å². The van der Waals surface area contributed by atoms with E-state index in [0.717, 1.165) is 0 Å². The van der Waals surface area contributed by atoms with Crippen LogP contribution < -0.4 is 22.1 Å². The van der Waals surface area contributed by atoms with Crippen LogP contribution in [0.3, 0.4) is 0 Å². The fourth-order valence-electron chi connectivity index (χ4n) is 1.04. The van der Waals surface area contributed by atoms with Gasteiger partial charge in [0.2, 0.25) is 0 Å². The van der Waals surface area contributed by atoms with Crippen LogP contribution in [0.25, 0.3) is 0 Å². The number of hydrogen-bond donors (Lipinski definition) is 4. The van der Waals surface area contributed by atoms with Crippen molar-refractivity contribution in [3.8, 4) is 0 Å². The zero-order valence-corrected chi connectivity index (χ0v) is 8.20. The number of nitrogen functional groups attached to an aromatic ring is 1. The molecule has 2 amide bonds. The molecule has 0 aliphatic heterocycles.